The average molecular weight is 321 g/mol. The predicted octanol–water partition coefficient (Wildman–Crippen LogP) is 0.320. The van der Waals surface area contributed by atoms with Crippen LogP contribution in [0.15, 0.2) is 30.3 Å². The number of para-hydroxylation sites is 1. The van der Waals surface area contributed by atoms with E-state index in [0.29, 0.717) is 13.0 Å². The van der Waals surface area contributed by atoms with Gasteiger partial charge in [-0.3, -0.25) is 10.2 Å². The first-order valence-corrected chi connectivity index (χ1v) is 7.33. The molecule has 1 aromatic carbocycles. The van der Waals surface area contributed by atoms with Gasteiger partial charge < -0.3 is 26.8 Å². The third-order valence-electron chi connectivity index (χ3n) is 3.15. The van der Waals surface area contributed by atoms with Gasteiger partial charge >= 0.3 is 5.97 Å². The maximum atomic E-state index is 12.1. The van der Waals surface area contributed by atoms with E-state index in [1.54, 1.807) is 6.92 Å². The van der Waals surface area contributed by atoms with E-state index < -0.39 is 18.1 Å². The summed E-state index contributed by atoms with van der Waals surface area (Å²) in [4.78, 5) is 23.3. The molecule has 2 atom stereocenters. The van der Waals surface area contributed by atoms with Gasteiger partial charge in [0.15, 0.2) is 5.96 Å². The lowest BCUT2D eigenvalue weighted by molar-refractivity contribution is -0.142. The molecule has 23 heavy (non-hydrogen) atoms. The number of carbonyl (C=O) groups excluding carboxylic acids is 1. The molecular weight excluding hydrogens is 298 g/mol. The van der Waals surface area contributed by atoms with E-state index in [-0.39, 0.29) is 18.3 Å². The topological polar surface area (TPSA) is 140 Å². The summed E-state index contributed by atoms with van der Waals surface area (Å²) in [7, 11) is 0. The van der Waals surface area contributed by atoms with E-state index in [9.17, 15) is 14.7 Å². The number of amides is 1. The molecule has 0 saturated heterocycles. The molecule has 0 spiro atoms. The molecule has 0 aromatic heterocycles. The van der Waals surface area contributed by atoms with E-state index >= 15 is 0 Å². The number of rotatable bonds is 9. The number of hydrogen-bond acceptors (Lipinski definition) is 4. The zero-order chi connectivity index (χ0) is 17.2. The Kier molecular flexibility index (Phi) is 7.38. The number of carbonyl (C=O) groups is 2. The molecule has 8 heteroatoms. The van der Waals surface area contributed by atoms with Crippen LogP contribution in [0.1, 0.15) is 19.8 Å². The lowest BCUT2D eigenvalue weighted by atomic mass is 10.1. The fourth-order valence-electron chi connectivity index (χ4n) is 1.93. The van der Waals surface area contributed by atoms with Crippen molar-refractivity contribution in [3.63, 3.8) is 0 Å². The van der Waals surface area contributed by atoms with E-state index in [1.807, 2.05) is 30.3 Å². The van der Waals surface area contributed by atoms with Crippen LogP contribution in [-0.4, -0.2) is 41.6 Å². The largest absolute Gasteiger partial charge is 0.480 e. The quantitative estimate of drug-likeness (QED) is 0.220. The Bertz CT molecular complexity index is 535. The second kappa shape index (κ2) is 9.29. The Morgan fingerprint density at radius 1 is 1.30 bits per heavy atom. The number of nitrogens with one attached hydrogen (secondary N) is 4. The van der Waals surface area contributed by atoms with Crippen molar-refractivity contribution in [3.8, 4) is 0 Å². The molecule has 0 aliphatic carbocycles. The number of hydrogen-bond donors (Lipinski definition) is 6. The fraction of sp³-hybridized carbons (Fsp3) is 0.400. The van der Waals surface area contributed by atoms with Gasteiger partial charge in [-0.05, 0) is 31.9 Å². The second-order valence-corrected chi connectivity index (χ2v) is 5.11. The lowest BCUT2D eigenvalue weighted by Gasteiger charge is -2.19. The Balaban J connectivity index is 2.46. The van der Waals surface area contributed by atoms with Crippen LogP contribution in [-0.2, 0) is 9.59 Å². The van der Waals surface area contributed by atoms with Gasteiger partial charge in [0.05, 0.1) is 0 Å². The van der Waals surface area contributed by atoms with Crippen molar-refractivity contribution in [2.24, 2.45) is 5.73 Å². The molecule has 0 radical (unpaired) electrons. The maximum Gasteiger partial charge on any atom is 0.326 e. The number of benzene rings is 1. The molecule has 0 heterocycles. The van der Waals surface area contributed by atoms with Gasteiger partial charge in [0.25, 0.3) is 0 Å². The van der Waals surface area contributed by atoms with Crippen molar-refractivity contribution >= 4 is 23.5 Å². The van der Waals surface area contributed by atoms with E-state index in [0.717, 1.165) is 5.69 Å². The molecule has 0 fully saturated rings. The van der Waals surface area contributed by atoms with Gasteiger partial charge in [0.1, 0.15) is 12.1 Å². The first-order chi connectivity index (χ1) is 10.9. The summed E-state index contributed by atoms with van der Waals surface area (Å²) < 4.78 is 0. The van der Waals surface area contributed by atoms with E-state index in [2.05, 4.69) is 16.0 Å². The molecular formula is C15H23N5O3. The summed E-state index contributed by atoms with van der Waals surface area (Å²) in [6.07, 6.45) is 0.719. The summed E-state index contributed by atoms with van der Waals surface area (Å²) >= 11 is 0. The van der Waals surface area contributed by atoms with Gasteiger partial charge in [-0.25, -0.2) is 4.79 Å². The molecule has 126 valence electrons. The maximum absolute atomic E-state index is 12.1. The van der Waals surface area contributed by atoms with Gasteiger partial charge in [-0.15, -0.1) is 0 Å². The van der Waals surface area contributed by atoms with Crippen molar-refractivity contribution in [3.05, 3.63) is 30.3 Å². The monoisotopic (exact) mass is 321 g/mol. The fourth-order valence-corrected chi connectivity index (χ4v) is 1.93. The van der Waals surface area contributed by atoms with E-state index in [4.69, 9.17) is 11.1 Å². The molecule has 0 saturated carbocycles. The van der Waals surface area contributed by atoms with Gasteiger partial charge in [0, 0.05) is 12.2 Å². The molecule has 1 rings (SSSR count). The minimum atomic E-state index is -1.09. The first-order valence-electron chi connectivity index (χ1n) is 7.33. The highest BCUT2D eigenvalue weighted by Gasteiger charge is 2.22. The lowest BCUT2D eigenvalue weighted by Crippen LogP contribution is -2.47. The standard InChI is InChI=1S/C15H23N5O3/c1-10(19-11-6-3-2-4-7-11)13(21)20-12(14(22)23)8-5-9-18-15(16)17/h2-4,6-7,10,12,19H,5,8-9H2,1H3,(H,20,21)(H,22,23)(H4,16,17,18). The molecule has 0 aliphatic heterocycles. The minimum absolute atomic E-state index is 0.165. The molecule has 0 aliphatic rings. The van der Waals surface area contributed by atoms with Crippen molar-refractivity contribution < 1.29 is 14.7 Å². The van der Waals surface area contributed by atoms with E-state index in [1.165, 1.54) is 0 Å². The summed E-state index contributed by atoms with van der Waals surface area (Å²) in [5.74, 6) is -1.64. The molecule has 8 nitrogen and oxygen atoms in total. The van der Waals surface area contributed by atoms with Gasteiger partial charge in [0.2, 0.25) is 5.91 Å². The highest BCUT2D eigenvalue weighted by molar-refractivity contribution is 5.88. The van der Waals surface area contributed by atoms with Crippen molar-refractivity contribution in [2.45, 2.75) is 31.8 Å². The molecule has 0 bridgehead atoms. The van der Waals surface area contributed by atoms with Crippen LogP contribution in [0.2, 0.25) is 0 Å². The van der Waals surface area contributed by atoms with Crippen LogP contribution in [0.5, 0.6) is 0 Å². The number of nitrogens with two attached hydrogens (primary N) is 1. The number of guanidine groups is 1. The average Bonchev–Trinajstić information content (AvgIpc) is 2.50. The zero-order valence-electron chi connectivity index (χ0n) is 13.0. The number of carboxylic acids is 1. The second-order valence-electron chi connectivity index (χ2n) is 5.11. The zero-order valence-corrected chi connectivity index (χ0v) is 13.0. The van der Waals surface area contributed by atoms with Crippen molar-refractivity contribution in [2.75, 3.05) is 11.9 Å². The Labute approximate surface area is 135 Å². The Hall–Kier alpha value is -2.77. The molecule has 1 amide bonds. The molecule has 7 N–H and O–H groups in total. The van der Waals surface area contributed by atoms with Crippen LogP contribution < -0.4 is 21.7 Å². The number of aliphatic carboxylic acids is 1. The minimum Gasteiger partial charge on any atom is -0.480 e. The summed E-state index contributed by atoms with van der Waals surface area (Å²) in [5, 5.41) is 24.3. The third-order valence-corrected chi connectivity index (χ3v) is 3.15. The normalized spacial score (nSPS) is 12.7. The third kappa shape index (κ3) is 7.16. The van der Waals surface area contributed by atoms with Crippen molar-refractivity contribution in [1.29, 1.82) is 5.41 Å². The summed E-state index contributed by atoms with van der Waals surface area (Å²) in [5.41, 5.74) is 5.93. The Morgan fingerprint density at radius 3 is 2.52 bits per heavy atom. The molecule has 1 aromatic rings. The van der Waals surface area contributed by atoms with Crippen LogP contribution in [0, 0.1) is 5.41 Å². The first kappa shape index (κ1) is 18.3. The summed E-state index contributed by atoms with van der Waals surface area (Å²) in [6, 6.07) is 7.67. The predicted molar refractivity (Wildman–Crippen MR) is 88.2 cm³/mol. The smallest absolute Gasteiger partial charge is 0.326 e. The number of carboxylic acid groups (broad SMARTS) is 1. The molecule has 2 unspecified atom stereocenters. The van der Waals surface area contributed by atoms with Gasteiger partial charge in [-0.1, -0.05) is 18.2 Å². The number of anilines is 1. The van der Waals surface area contributed by atoms with Crippen LogP contribution in [0.25, 0.3) is 0 Å². The van der Waals surface area contributed by atoms with Gasteiger partial charge in [-0.2, -0.15) is 0 Å². The van der Waals surface area contributed by atoms with Crippen molar-refractivity contribution in [1.82, 2.24) is 10.6 Å². The SMILES string of the molecule is CC(Nc1ccccc1)C(=O)NC(CCCNC(=N)N)C(=O)O. The van der Waals surface area contributed by atoms with Crippen LogP contribution in [0.3, 0.4) is 0 Å². The van der Waals surface area contributed by atoms with Crippen LogP contribution >= 0.6 is 0 Å². The Morgan fingerprint density at radius 2 is 1.96 bits per heavy atom. The van der Waals surface area contributed by atoms with Crippen LogP contribution in [0.4, 0.5) is 5.69 Å². The highest BCUT2D eigenvalue weighted by Crippen LogP contribution is 2.07. The summed E-state index contributed by atoms with van der Waals surface area (Å²) in [6.45, 7) is 2.05. The highest BCUT2D eigenvalue weighted by atomic mass is 16.4.